The molecule has 3 nitrogen and oxygen atoms in total. The second-order valence-corrected chi connectivity index (χ2v) is 4.78. The van der Waals surface area contributed by atoms with Crippen LogP contribution in [-0.2, 0) is 0 Å². The van der Waals surface area contributed by atoms with Crippen LogP contribution in [0, 0.1) is 23.0 Å². The molecule has 8 heteroatoms. The number of alkyl halides is 3. The van der Waals surface area contributed by atoms with Crippen molar-refractivity contribution in [1.29, 1.82) is 5.26 Å². The van der Waals surface area contributed by atoms with Gasteiger partial charge in [0.05, 0.1) is 18.2 Å². The van der Waals surface area contributed by atoms with Crippen LogP contribution < -0.4 is 4.90 Å². The van der Waals surface area contributed by atoms with Gasteiger partial charge in [0.15, 0.2) is 11.6 Å². The molecular weight excluding hydrogens is 293 g/mol. The second-order valence-electron chi connectivity index (χ2n) is 4.78. The van der Waals surface area contributed by atoms with E-state index in [0.717, 1.165) is 12.1 Å². The number of hydrogen-bond acceptors (Lipinski definition) is 3. The maximum absolute atomic E-state index is 13.8. The third-order valence-electron chi connectivity index (χ3n) is 3.24. The Labute approximate surface area is 118 Å². The van der Waals surface area contributed by atoms with Gasteiger partial charge >= 0.3 is 6.18 Å². The Morgan fingerprint density at radius 1 is 1.05 bits per heavy atom. The van der Waals surface area contributed by atoms with E-state index < -0.39 is 24.4 Å². The van der Waals surface area contributed by atoms with Gasteiger partial charge in [-0.05, 0) is 12.1 Å². The highest BCUT2D eigenvalue weighted by Gasteiger charge is 2.32. The van der Waals surface area contributed by atoms with Crippen LogP contribution >= 0.6 is 0 Å². The summed E-state index contributed by atoms with van der Waals surface area (Å²) in [5, 5.41) is 8.62. The summed E-state index contributed by atoms with van der Waals surface area (Å²) in [6, 6.07) is 3.47. The summed E-state index contributed by atoms with van der Waals surface area (Å²) >= 11 is 0. The van der Waals surface area contributed by atoms with Gasteiger partial charge in [0.1, 0.15) is 5.69 Å². The molecule has 1 saturated heterocycles. The van der Waals surface area contributed by atoms with E-state index in [4.69, 9.17) is 5.26 Å². The minimum absolute atomic E-state index is 0.0678. The van der Waals surface area contributed by atoms with Gasteiger partial charge in [0.25, 0.3) is 0 Å². The van der Waals surface area contributed by atoms with E-state index in [0.29, 0.717) is 0 Å². The highest BCUT2D eigenvalue weighted by Crippen LogP contribution is 2.26. The SMILES string of the molecule is N#Cc1cc(F)c(N2CCN(CC(F)(F)F)CC2)c(F)c1. The van der Waals surface area contributed by atoms with Crippen LogP contribution in [0.25, 0.3) is 0 Å². The number of nitrogens with zero attached hydrogens (tertiary/aromatic N) is 3. The fraction of sp³-hybridized carbons (Fsp3) is 0.462. The average molecular weight is 305 g/mol. The maximum atomic E-state index is 13.8. The van der Waals surface area contributed by atoms with Gasteiger partial charge in [-0.1, -0.05) is 0 Å². The van der Waals surface area contributed by atoms with Crippen LogP contribution in [0.15, 0.2) is 12.1 Å². The van der Waals surface area contributed by atoms with Gasteiger partial charge < -0.3 is 4.90 Å². The van der Waals surface area contributed by atoms with Gasteiger partial charge in [-0.25, -0.2) is 8.78 Å². The number of nitriles is 1. The molecule has 0 radical (unpaired) electrons. The number of anilines is 1. The molecule has 1 heterocycles. The number of rotatable bonds is 2. The van der Waals surface area contributed by atoms with Crippen LogP contribution in [0.3, 0.4) is 0 Å². The Morgan fingerprint density at radius 2 is 1.57 bits per heavy atom. The number of piperazine rings is 1. The van der Waals surface area contributed by atoms with Crippen molar-refractivity contribution in [2.24, 2.45) is 0 Å². The molecule has 114 valence electrons. The van der Waals surface area contributed by atoms with Gasteiger partial charge in [0.2, 0.25) is 0 Å². The van der Waals surface area contributed by atoms with Crippen LogP contribution in [-0.4, -0.2) is 43.8 Å². The van der Waals surface area contributed by atoms with Gasteiger partial charge in [-0.15, -0.1) is 0 Å². The predicted molar refractivity (Wildman–Crippen MR) is 65.8 cm³/mol. The number of benzene rings is 1. The number of halogens is 5. The summed E-state index contributed by atoms with van der Waals surface area (Å²) in [6.45, 7) is -0.707. The van der Waals surface area contributed by atoms with Gasteiger partial charge in [-0.2, -0.15) is 18.4 Å². The lowest BCUT2D eigenvalue weighted by Gasteiger charge is -2.36. The Hall–Kier alpha value is -1.88. The Kier molecular flexibility index (Phi) is 4.32. The molecule has 0 aromatic heterocycles. The maximum Gasteiger partial charge on any atom is 0.401 e. The zero-order chi connectivity index (χ0) is 15.6. The zero-order valence-corrected chi connectivity index (χ0v) is 10.9. The van der Waals surface area contributed by atoms with E-state index in [2.05, 4.69) is 0 Å². The summed E-state index contributed by atoms with van der Waals surface area (Å²) in [5.74, 6) is -1.76. The lowest BCUT2D eigenvalue weighted by Crippen LogP contribution is -2.49. The van der Waals surface area contributed by atoms with Crippen LogP contribution in [0.4, 0.5) is 27.6 Å². The number of hydrogen-bond donors (Lipinski definition) is 0. The summed E-state index contributed by atoms with van der Waals surface area (Å²) in [4.78, 5) is 2.55. The van der Waals surface area contributed by atoms with Crippen molar-refractivity contribution >= 4 is 5.69 Å². The minimum atomic E-state index is -4.28. The summed E-state index contributed by atoms with van der Waals surface area (Å²) in [5.41, 5.74) is -0.426. The first-order valence-corrected chi connectivity index (χ1v) is 6.23. The minimum Gasteiger partial charge on any atom is -0.364 e. The van der Waals surface area contributed by atoms with Crippen molar-refractivity contribution in [1.82, 2.24) is 4.90 Å². The molecule has 0 N–H and O–H groups in total. The van der Waals surface area contributed by atoms with Crippen molar-refractivity contribution in [2.45, 2.75) is 6.18 Å². The fourth-order valence-electron chi connectivity index (χ4n) is 2.32. The molecule has 1 aliphatic rings. The highest BCUT2D eigenvalue weighted by molar-refractivity contribution is 5.53. The predicted octanol–water partition coefficient (Wildman–Crippen LogP) is 2.52. The Morgan fingerprint density at radius 3 is 2.00 bits per heavy atom. The molecule has 0 unspecified atom stereocenters. The van der Waals surface area contributed by atoms with Crippen molar-refractivity contribution in [3.8, 4) is 6.07 Å². The van der Waals surface area contributed by atoms with Gasteiger partial charge in [-0.3, -0.25) is 4.90 Å². The molecule has 0 aliphatic carbocycles. The second kappa shape index (κ2) is 5.85. The molecular formula is C13H12F5N3. The standard InChI is InChI=1S/C13H12F5N3/c14-10-5-9(7-19)6-11(15)12(10)21-3-1-20(2-4-21)8-13(16,17)18/h5-6H,1-4,8H2. The largest absolute Gasteiger partial charge is 0.401 e. The molecule has 0 bridgehead atoms. The van der Waals surface area contributed by atoms with Crippen molar-refractivity contribution in [3.05, 3.63) is 29.3 Å². The molecule has 0 saturated carbocycles. The van der Waals surface area contributed by atoms with Crippen LogP contribution in [0.5, 0.6) is 0 Å². The van der Waals surface area contributed by atoms with E-state index in [-0.39, 0.29) is 37.4 Å². The van der Waals surface area contributed by atoms with Crippen molar-refractivity contribution in [2.75, 3.05) is 37.6 Å². The lowest BCUT2D eigenvalue weighted by atomic mass is 10.1. The van der Waals surface area contributed by atoms with Crippen molar-refractivity contribution < 1.29 is 22.0 Å². The third-order valence-corrected chi connectivity index (χ3v) is 3.24. The van der Waals surface area contributed by atoms with E-state index in [1.165, 1.54) is 9.80 Å². The lowest BCUT2D eigenvalue weighted by molar-refractivity contribution is -0.146. The third kappa shape index (κ3) is 3.82. The monoisotopic (exact) mass is 305 g/mol. The molecule has 2 rings (SSSR count). The van der Waals surface area contributed by atoms with Crippen LogP contribution in [0.1, 0.15) is 5.56 Å². The topological polar surface area (TPSA) is 30.3 Å². The fourth-order valence-corrected chi connectivity index (χ4v) is 2.32. The average Bonchev–Trinajstić information content (AvgIpc) is 2.38. The summed E-state index contributed by atoms with van der Waals surface area (Å²) in [7, 11) is 0. The van der Waals surface area contributed by atoms with E-state index in [9.17, 15) is 22.0 Å². The molecule has 0 amide bonds. The molecule has 1 fully saturated rings. The Balaban J connectivity index is 2.08. The van der Waals surface area contributed by atoms with Gasteiger partial charge in [0, 0.05) is 26.2 Å². The highest BCUT2D eigenvalue weighted by atomic mass is 19.4. The quantitative estimate of drug-likeness (QED) is 0.787. The van der Waals surface area contributed by atoms with E-state index in [1.807, 2.05) is 0 Å². The summed E-state index contributed by atoms with van der Waals surface area (Å²) < 4.78 is 64.4. The first kappa shape index (κ1) is 15.5. The Bertz CT molecular complexity index is 533. The summed E-state index contributed by atoms with van der Waals surface area (Å²) in [6.07, 6.45) is -4.28. The molecule has 1 aromatic carbocycles. The van der Waals surface area contributed by atoms with E-state index >= 15 is 0 Å². The van der Waals surface area contributed by atoms with E-state index in [1.54, 1.807) is 6.07 Å². The molecule has 0 atom stereocenters. The molecule has 0 spiro atoms. The molecule has 1 aliphatic heterocycles. The smallest absolute Gasteiger partial charge is 0.364 e. The first-order valence-electron chi connectivity index (χ1n) is 6.23. The molecule has 1 aromatic rings. The van der Waals surface area contributed by atoms with Crippen molar-refractivity contribution in [3.63, 3.8) is 0 Å². The first-order chi connectivity index (χ1) is 9.80. The normalized spacial score (nSPS) is 16.9. The zero-order valence-electron chi connectivity index (χ0n) is 10.9. The molecule has 21 heavy (non-hydrogen) atoms. The van der Waals surface area contributed by atoms with Crippen LogP contribution in [0.2, 0.25) is 0 Å².